The minimum absolute atomic E-state index is 0.0426. The number of amides is 1. The monoisotopic (exact) mass is 310 g/mol. The molecule has 0 radical (unpaired) electrons. The zero-order chi connectivity index (χ0) is 13.1. The van der Waals surface area contributed by atoms with Crippen LogP contribution in [0.2, 0.25) is 0 Å². The average Bonchev–Trinajstić information content (AvgIpc) is 2.53. The highest BCUT2D eigenvalue weighted by atomic mass is 79.9. The number of hydrogen-bond donors (Lipinski definition) is 1. The van der Waals surface area contributed by atoms with Crippen molar-refractivity contribution in [3.63, 3.8) is 0 Å². The van der Waals surface area contributed by atoms with Gasteiger partial charge in [0.05, 0.1) is 0 Å². The molecule has 1 aromatic rings. The van der Waals surface area contributed by atoms with Crippen LogP contribution >= 0.6 is 15.9 Å². The second-order valence-electron chi connectivity index (χ2n) is 4.30. The van der Waals surface area contributed by atoms with Crippen molar-refractivity contribution in [2.24, 2.45) is 0 Å². The molecule has 96 valence electrons. The Morgan fingerprint density at radius 3 is 2.89 bits per heavy atom. The predicted octanol–water partition coefficient (Wildman–Crippen LogP) is 1.98. The number of ketones is 1. The second-order valence-corrected chi connectivity index (χ2v) is 5.22. The van der Waals surface area contributed by atoms with E-state index in [1.165, 1.54) is 0 Å². The summed E-state index contributed by atoms with van der Waals surface area (Å²) >= 11 is 3.42. The molecule has 0 unspecified atom stereocenters. The van der Waals surface area contributed by atoms with Crippen LogP contribution in [-0.2, 0) is 4.79 Å². The molecule has 1 aliphatic rings. The van der Waals surface area contributed by atoms with E-state index in [9.17, 15) is 9.59 Å². The van der Waals surface area contributed by atoms with Gasteiger partial charge in [0.2, 0.25) is 5.91 Å². The Labute approximate surface area is 114 Å². The molecule has 0 spiro atoms. The third-order valence-corrected chi connectivity index (χ3v) is 3.49. The number of rotatable bonds is 2. The zero-order valence-electron chi connectivity index (χ0n) is 10.2. The summed E-state index contributed by atoms with van der Waals surface area (Å²) in [6, 6.07) is 5.62. The Morgan fingerprint density at radius 2 is 2.17 bits per heavy atom. The van der Waals surface area contributed by atoms with E-state index in [4.69, 9.17) is 0 Å². The van der Waals surface area contributed by atoms with Crippen molar-refractivity contribution in [1.29, 1.82) is 0 Å². The highest BCUT2D eigenvalue weighted by Gasteiger charge is 2.18. The maximum Gasteiger partial charge on any atom is 0.221 e. The zero-order valence-corrected chi connectivity index (χ0v) is 11.8. The fourth-order valence-electron chi connectivity index (χ4n) is 2.07. The van der Waals surface area contributed by atoms with Gasteiger partial charge < -0.3 is 10.2 Å². The molecular weight excluding hydrogens is 296 g/mol. The third kappa shape index (κ3) is 2.90. The lowest BCUT2D eigenvalue weighted by molar-refractivity contribution is -0.120. The lowest BCUT2D eigenvalue weighted by Gasteiger charge is -2.24. The van der Waals surface area contributed by atoms with E-state index in [-0.39, 0.29) is 11.7 Å². The topological polar surface area (TPSA) is 49.4 Å². The summed E-state index contributed by atoms with van der Waals surface area (Å²) in [6.07, 6.45) is 0.462. The van der Waals surface area contributed by atoms with E-state index in [0.29, 0.717) is 25.1 Å². The lowest BCUT2D eigenvalue weighted by Crippen LogP contribution is -2.29. The SMILES string of the molecule is CC(=O)c1ccc(Br)cc1N1CCNC(=O)CC1. The second kappa shape index (κ2) is 5.52. The summed E-state index contributed by atoms with van der Waals surface area (Å²) in [5, 5.41) is 2.83. The molecule has 1 amide bonds. The maximum absolute atomic E-state index is 11.6. The summed E-state index contributed by atoms with van der Waals surface area (Å²) in [5.74, 6) is 0.109. The van der Waals surface area contributed by atoms with Gasteiger partial charge in [-0.05, 0) is 25.1 Å². The summed E-state index contributed by atoms with van der Waals surface area (Å²) in [4.78, 5) is 25.1. The molecule has 4 nitrogen and oxygen atoms in total. The van der Waals surface area contributed by atoms with Crippen LogP contribution in [0.15, 0.2) is 22.7 Å². The highest BCUT2D eigenvalue weighted by molar-refractivity contribution is 9.10. The predicted molar refractivity (Wildman–Crippen MR) is 74.0 cm³/mol. The van der Waals surface area contributed by atoms with Crippen molar-refractivity contribution in [2.75, 3.05) is 24.5 Å². The minimum atomic E-state index is 0.0426. The maximum atomic E-state index is 11.6. The van der Waals surface area contributed by atoms with Gasteiger partial charge in [-0.2, -0.15) is 0 Å². The normalized spacial score (nSPS) is 16.1. The van der Waals surface area contributed by atoms with E-state index in [0.717, 1.165) is 16.7 Å². The van der Waals surface area contributed by atoms with Gasteiger partial charge in [0, 0.05) is 41.8 Å². The number of Topliss-reactive ketones (excluding diaryl/α,β-unsaturated/α-hetero) is 1. The fraction of sp³-hybridized carbons (Fsp3) is 0.385. The molecule has 5 heteroatoms. The van der Waals surface area contributed by atoms with Crippen molar-refractivity contribution < 1.29 is 9.59 Å². The van der Waals surface area contributed by atoms with Gasteiger partial charge in [0.15, 0.2) is 5.78 Å². The molecule has 0 bridgehead atoms. The van der Waals surface area contributed by atoms with Crippen LogP contribution < -0.4 is 10.2 Å². The molecule has 2 rings (SSSR count). The van der Waals surface area contributed by atoms with Gasteiger partial charge in [-0.15, -0.1) is 0 Å². The van der Waals surface area contributed by atoms with Gasteiger partial charge in [-0.25, -0.2) is 0 Å². The van der Waals surface area contributed by atoms with Gasteiger partial charge >= 0.3 is 0 Å². The summed E-state index contributed by atoms with van der Waals surface area (Å²) < 4.78 is 0.936. The molecule has 0 aromatic heterocycles. The number of hydrogen-bond acceptors (Lipinski definition) is 3. The number of benzene rings is 1. The van der Waals surface area contributed by atoms with E-state index in [1.54, 1.807) is 6.92 Å². The van der Waals surface area contributed by atoms with E-state index in [2.05, 4.69) is 26.1 Å². The van der Waals surface area contributed by atoms with Crippen molar-refractivity contribution in [1.82, 2.24) is 5.32 Å². The first-order chi connectivity index (χ1) is 8.58. The first-order valence-corrected chi connectivity index (χ1v) is 6.69. The van der Waals surface area contributed by atoms with Gasteiger partial charge in [0.25, 0.3) is 0 Å². The molecule has 0 atom stereocenters. The summed E-state index contributed by atoms with van der Waals surface area (Å²) in [6.45, 7) is 3.54. The molecule has 1 fully saturated rings. The first kappa shape index (κ1) is 13.1. The number of anilines is 1. The Bertz CT molecular complexity index is 488. The van der Waals surface area contributed by atoms with Gasteiger partial charge in [0.1, 0.15) is 0 Å². The highest BCUT2D eigenvalue weighted by Crippen LogP contribution is 2.26. The van der Waals surface area contributed by atoms with Crippen molar-refractivity contribution >= 4 is 33.3 Å². The third-order valence-electron chi connectivity index (χ3n) is 2.99. The lowest BCUT2D eigenvalue weighted by atomic mass is 10.1. The quantitative estimate of drug-likeness (QED) is 0.850. The molecule has 0 saturated carbocycles. The van der Waals surface area contributed by atoms with Crippen LogP contribution in [0.5, 0.6) is 0 Å². The van der Waals surface area contributed by atoms with E-state index >= 15 is 0 Å². The standard InChI is InChI=1S/C13H15BrN2O2/c1-9(17)11-3-2-10(14)8-12(11)16-6-4-13(18)15-5-7-16/h2-3,8H,4-7H2,1H3,(H,15,18). The Balaban J connectivity index is 2.33. The van der Waals surface area contributed by atoms with Gasteiger partial charge in [-0.3, -0.25) is 9.59 Å². The molecular formula is C13H15BrN2O2. The Morgan fingerprint density at radius 1 is 1.39 bits per heavy atom. The molecule has 1 heterocycles. The molecule has 1 N–H and O–H groups in total. The summed E-state index contributed by atoms with van der Waals surface area (Å²) in [5.41, 5.74) is 1.60. The van der Waals surface area contributed by atoms with Gasteiger partial charge in [-0.1, -0.05) is 15.9 Å². The molecule has 1 aliphatic heterocycles. The van der Waals surface area contributed by atoms with Crippen molar-refractivity contribution in [3.8, 4) is 0 Å². The van der Waals surface area contributed by atoms with Crippen molar-refractivity contribution in [3.05, 3.63) is 28.2 Å². The molecule has 1 aromatic carbocycles. The van der Waals surface area contributed by atoms with E-state index in [1.807, 2.05) is 18.2 Å². The van der Waals surface area contributed by atoms with Crippen LogP contribution in [-0.4, -0.2) is 31.3 Å². The van der Waals surface area contributed by atoms with Crippen LogP contribution in [0.1, 0.15) is 23.7 Å². The molecule has 1 saturated heterocycles. The minimum Gasteiger partial charge on any atom is -0.369 e. The van der Waals surface area contributed by atoms with Crippen LogP contribution in [0.4, 0.5) is 5.69 Å². The van der Waals surface area contributed by atoms with Crippen LogP contribution in [0, 0.1) is 0 Å². The summed E-state index contributed by atoms with van der Waals surface area (Å²) in [7, 11) is 0. The molecule has 0 aliphatic carbocycles. The van der Waals surface area contributed by atoms with Crippen molar-refractivity contribution in [2.45, 2.75) is 13.3 Å². The van der Waals surface area contributed by atoms with Crippen LogP contribution in [0.3, 0.4) is 0 Å². The number of halogens is 1. The Kier molecular flexibility index (Phi) is 4.01. The number of carbonyl (C=O) groups excluding carboxylic acids is 2. The largest absolute Gasteiger partial charge is 0.369 e. The van der Waals surface area contributed by atoms with Crippen LogP contribution in [0.25, 0.3) is 0 Å². The Hall–Kier alpha value is -1.36. The first-order valence-electron chi connectivity index (χ1n) is 5.90. The average molecular weight is 311 g/mol. The number of nitrogens with zero attached hydrogens (tertiary/aromatic N) is 1. The number of carbonyl (C=O) groups is 2. The fourth-order valence-corrected chi connectivity index (χ4v) is 2.42. The van der Waals surface area contributed by atoms with E-state index < -0.39 is 0 Å². The smallest absolute Gasteiger partial charge is 0.221 e. The molecule has 18 heavy (non-hydrogen) atoms. The number of nitrogens with one attached hydrogen (secondary N) is 1.